The number of aryl methyl sites for hydroxylation is 1. The predicted octanol–water partition coefficient (Wildman–Crippen LogP) is 3.38. The topological polar surface area (TPSA) is 120 Å². The van der Waals surface area contributed by atoms with Crippen molar-refractivity contribution in [3.05, 3.63) is 81.2 Å². The van der Waals surface area contributed by atoms with Crippen molar-refractivity contribution in [3.63, 3.8) is 0 Å². The highest BCUT2D eigenvalue weighted by molar-refractivity contribution is 6.03. The van der Waals surface area contributed by atoms with E-state index >= 15 is 0 Å². The molecule has 0 aliphatic rings. The number of H-pyrrole nitrogens is 1. The van der Waals surface area contributed by atoms with Gasteiger partial charge in [0.25, 0.3) is 17.2 Å². The van der Waals surface area contributed by atoms with Crippen LogP contribution in [0.5, 0.6) is 0 Å². The molecule has 0 atom stereocenters. The van der Waals surface area contributed by atoms with Crippen LogP contribution in [-0.4, -0.2) is 25.5 Å². The predicted molar refractivity (Wildman–Crippen MR) is 117 cm³/mol. The maximum absolute atomic E-state index is 13.2. The molecule has 9 nitrogen and oxygen atoms in total. The van der Waals surface area contributed by atoms with Gasteiger partial charge in [-0.1, -0.05) is 25.5 Å². The molecule has 9 heteroatoms. The molecule has 162 valence electrons. The Kier molecular flexibility index (Phi) is 5.85. The number of anilines is 1. The Bertz CT molecular complexity index is 1340. The number of carbonyl (C=O) groups is 1. The summed E-state index contributed by atoms with van der Waals surface area (Å²) < 4.78 is 6.56. The second-order valence-corrected chi connectivity index (χ2v) is 7.44. The third-order valence-corrected chi connectivity index (χ3v) is 5.22. The minimum Gasteiger partial charge on any atom is -0.459 e. The van der Waals surface area contributed by atoms with Crippen LogP contribution in [-0.2, 0) is 13.0 Å². The van der Waals surface area contributed by atoms with Crippen LogP contribution in [0.25, 0.3) is 5.78 Å². The van der Waals surface area contributed by atoms with Crippen molar-refractivity contribution in [1.82, 2.24) is 19.6 Å². The molecule has 0 saturated heterocycles. The monoisotopic (exact) mass is 430 g/mol. The van der Waals surface area contributed by atoms with Gasteiger partial charge in [0, 0.05) is 5.56 Å². The molecule has 4 rings (SSSR count). The Morgan fingerprint density at radius 3 is 2.69 bits per heavy atom. The molecule has 0 fully saturated rings. The van der Waals surface area contributed by atoms with Crippen molar-refractivity contribution in [3.8, 4) is 6.07 Å². The number of hydrogen-bond donors (Lipinski definition) is 1. The molecule has 0 radical (unpaired) electrons. The molecule has 3 heterocycles. The number of aromatic nitrogens is 4. The van der Waals surface area contributed by atoms with E-state index in [1.54, 1.807) is 43.3 Å². The summed E-state index contributed by atoms with van der Waals surface area (Å²) in [6.07, 6.45) is 3.89. The van der Waals surface area contributed by atoms with Crippen LogP contribution in [0.1, 0.15) is 52.7 Å². The number of nitriles is 1. The number of benzene rings is 1. The minimum atomic E-state index is -0.422. The third kappa shape index (κ3) is 4.03. The molecule has 0 aliphatic heterocycles. The number of aromatic amines is 1. The van der Waals surface area contributed by atoms with Crippen molar-refractivity contribution in [2.45, 2.75) is 39.7 Å². The molecule has 3 aromatic heterocycles. The van der Waals surface area contributed by atoms with Crippen LogP contribution in [0, 0.1) is 18.3 Å². The second-order valence-electron chi connectivity index (χ2n) is 7.44. The summed E-state index contributed by atoms with van der Waals surface area (Å²) in [6, 6.07) is 12.2. The van der Waals surface area contributed by atoms with E-state index in [9.17, 15) is 9.59 Å². The number of furan rings is 1. The molecule has 1 N–H and O–H groups in total. The largest absolute Gasteiger partial charge is 0.459 e. The van der Waals surface area contributed by atoms with E-state index in [4.69, 9.17) is 9.68 Å². The van der Waals surface area contributed by atoms with Gasteiger partial charge in [-0.15, -0.1) is 0 Å². The summed E-state index contributed by atoms with van der Waals surface area (Å²) in [5.41, 5.74) is 2.35. The fraction of sp³-hybridized carbons (Fsp3) is 0.261. The van der Waals surface area contributed by atoms with Crippen LogP contribution in [0.3, 0.4) is 0 Å². The zero-order valence-electron chi connectivity index (χ0n) is 17.8. The normalized spacial score (nSPS) is 10.9. The highest BCUT2D eigenvalue weighted by Crippen LogP contribution is 2.18. The number of amides is 1. The lowest BCUT2D eigenvalue weighted by Crippen LogP contribution is -2.31. The summed E-state index contributed by atoms with van der Waals surface area (Å²) in [5.74, 6) is 0.0841. The first-order chi connectivity index (χ1) is 15.5. The van der Waals surface area contributed by atoms with E-state index in [0.717, 1.165) is 18.4 Å². The molecular formula is C23H22N6O3. The van der Waals surface area contributed by atoms with E-state index in [1.165, 1.54) is 15.7 Å². The summed E-state index contributed by atoms with van der Waals surface area (Å²) >= 11 is 0. The van der Waals surface area contributed by atoms with E-state index in [-0.39, 0.29) is 29.6 Å². The van der Waals surface area contributed by atoms with Gasteiger partial charge in [-0.2, -0.15) is 14.8 Å². The molecule has 32 heavy (non-hydrogen) atoms. The first-order valence-corrected chi connectivity index (χ1v) is 10.3. The molecular weight excluding hydrogens is 408 g/mol. The molecule has 0 aliphatic carbocycles. The fourth-order valence-electron chi connectivity index (χ4n) is 3.45. The van der Waals surface area contributed by atoms with Crippen LogP contribution in [0.4, 0.5) is 5.95 Å². The van der Waals surface area contributed by atoms with Crippen molar-refractivity contribution in [2.75, 3.05) is 4.90 Å². The van der Waals surface area contributed by atoms with Gasteiger partial charge in [0.1, 0.15) is 0 Å². The molecule has 0 saturated carbocycles. The van der Waals surface area contributed by atoms with E-state index in [0.29, 0.717) is 23.2 Å². The molecule has 0 bridgehead atoms. The average Bonchev–Trinajstić information content (AvgIpc) is 3.48. The summed E-state index contributed by atoms with van der Waals surface area (Å²) in [7, 11) is 0. The maximum atomic E-state index is 13.2. The molecule has 0 spiro atoms. The number of fused-ring (bicyclic) bond motifs is 1. The second kappa shape index (κ2) is 8.89. The minimum absolute atomic E-state index is 0.138. The first kappa shape index (κ1) is 21.1. The lowest BCUT2D eigenvalue weighted by Gasteiger charge is -2.18. The maximum Gasteiger partial charge on any atom is 0.296 e. The number of nitrogens with one attached hydrogen (secondary N) is 1. The number of carbonyl (C=O) groups excluding carboxylic acids is 1. The Balaban J connectivity index is 1.77. The summed E-state index contributed by atoms with van der Waals surface area (Å²) in [4.78, 5) is 36.5. The van der Waals surface area contributed by atoms with Gasteiger partial charge in [0.15, 0.2) is 5.76 Å². The van der Waals surface area contributed by atoms with Gasteiger partial charge in [0.2, 0.25) is 5.95 Å². The Labute approximate surface area is 183 Å². The van der Waals surface area contributed by atoms with Crippen LogP contribution in [0.2, 0.25) is 0 Å². The summed E-state index contributed by atoms with van der Waals surface area (Å²) in [5, 5.41) is 12.0. The highest BCUT2D eigenvalue weighted by atomic mass is 16.3. The number of hydrogen-bond acceptors (Lipinski definition) is 6. The standard InChI is InChI=1S/C23H22N6O3/c1-3-4-6-18-15(2)25-22-26-23(27-29(22)20(18)30)28(21(31)19-7-5-12-32-19)14-17-10-8-16(13-24)9-11-17/h5,7-12H,3-4,6,14H2,1-2H3,(H,25,26,27). The van der Waals surface area contributed by atoms with Gasteiger partial charge in [0.05, 0.1) is 30.1 Å². The fourth-order valence-corrected chi connectivity index (χ4v) is 3.45. The van der Waals surface area contributed by atoms with Crippen molar-refractivity contribution in [2.24, 2.45) is 0 Å². The average molecular weight is 430 g/mol. The van der Waals surface area contributed by atoms with Gasteiger partial charge >= 0.3 is 0 Å². The quantitative estimate of drug-likeness (QED) is 0.480. The zero-order valence-corrected chi connectivity index (χ0v) is 17.8. The molecule has 1 amide bonds. The van der Waals surface area contributed by atoms with Crippen LogP contribution >= 0.6 is 0 Å². The summed E-state index contributed by atoms with van der Waals surface area (Å²) in [6.45, 7) is 4.01. The smallest absolute Gasteiger partial charge is 0.296 e. The van der Waals surface area contributed by atoms with E-state index in [2.05, 4.69) is 28.1 Å². The third-order valence-electron chi connectivity index (χ3n) is 5.22. The molecule has 1 aromatic carbocycles. The van der Waals surface area contributed by atoms with E-state index in [1.807, 2.05) is 0 Å². The lowest BCUT2D eigenvalue weighted by atomic mass is 10.1. The highest BCUT2D eigenvalue weighted by Gasteiger charge is 2.25. The van der Waals surface area contributed by atoms with Gasteiger partial charge in [-0.3, -0.25) is 19.6 Å². The van der Waals surface area contributed by atoms with Crippen LogP contribution < -0.4 is 10.5 Å². The van der Waals surface area contributed by atoms with Crippen LogP contribution in [0.15, 0.2) is 51.9 Å². The van der Waals surface area contributed by atoms with E-state index < -0.39 is 5.91 Å². The number of unbranched alkanes of at least 4 members (excludes halogenated alkanes) is 1. The SMILES string of the molecule is CCCCc1c(C)nc2nc(N(Cc3ccc(C#N)cc3)C(=O)c3ccco3)[nH]n2c1=O. The van der Waals surface area contributed by atoms with Crippen molar-refractivity contribution < 1.29 is 9.21 Å². The van der Waals surface area contributed by atoms with Gasteiger partial charge in [-0.25, -0.2) is 4.98 Å². The number of nitrogens with zero attached hydrogens (tertiary/aromatic N) is 5. The Hall–Kier alpha value is -4.19. The molecule has 4 aromatic rings. The Morgan fingerprint density at radius 1 is 1.25 bits per heavy atom. The van der Waals surface area contributed by atoms with Crippen molar-refractivity contribution in [1.29, 1.82) is 5.26 Å². The lowest BCUT2D eigenvalue weighted by molar-refractivity contribution is 0.0956. The first-order valence-electron chi connectivity index (χ1n) is 10.3. The Morgan fingerprint density at radius 2 is 2.03 bits per heavy atom. The molecule has 0 unspecified atom stereocenters. The zero-order chi connectivity index (χ0) is 22.7. The van der Waals surface area contributed by atoms with Gasteiger partial charge < -0.3 is 4.42 Å². The van der Waals surface area contributed by atoms with Crippen molar-refractivity contribution >= 4 is 17.6 Å². The number of rotatable bonds is 7. The van der Waals surface area contributed by atoms with Gasteiger partial charge in [-0.05, 0) is 49.6 Å².